The van der Waals surface area contributed by atoms with E-state index in [1.165, 1.54) is 0 Å². The first-order chi connectivity index (χ1) is 5.30. The van der Waals surface area contributed by atoms with Crippen LogP contribution in [0, 0.1) is 11.3 Å². The van der Waals surface area contributed by atoms with E-state index < -0.39 is 0 Å². The predicted molar refractivity (Wildman–Crippen MR) is 51.9 cm³/mol. The molecule has 0 rings (SSSR count). The number of carbonyl (C=O) groups excluding carboxylic acids is 1. The normalized spacial score (nSPS) is 14.2. The van der Waals surface area contributed by atoms with Crippen molar-refractivity contribution >= 4 is 5.91 Å². The zero-order chi connectivity index (χ0) is 9.94. The summed E-state index contributed by atoms with van der Waals surface area (Å²) >= 11 is 0. The lowest BCUT2D eigenvalue weighted by molar-refractivity contribution is -0.136. The SMILES string of the molecule is CCC(C(=O)N(C)C)C(C)(C)C. The molecule has 0 aliphatic heterocycles. The molecule has 0 aromatic carbocycles. The van der Waals surface area contributed by atoms with E-state index in [4.69, 9.17) is 0 Å². The first-order valence-electron chi connectivity index (χ1n) is 4.51. The van der Waals surface area contributed by atoms with Gasteiger partial charge in [0.05, 0.1) is 0 Å². The van der Waals surface area contributed by atoms with E-state index in [1.54, 1.807) is 4.90 Å². The third kappa shape index (κ3) is 2.84. The van der Waals surface area contributed by atoms with Gasteiger partial charge in [-0.25, -0.2) is 0 Å². The number of nitrogens with zero attached hydrogens (tertiary/aromatic N) is 1. The van der Waals surface area contributed by atoms with Gasteiger partial charge in [0, 0.05) is 20.0 Å². The first-order valence-corrected chi connectivity index (χ1v) is 4.51. The second kappa shape index (κ2) is 3.92. The van der Waals surface area contributed by atoms with Crippen molar-refractivity contribution in [2.45, 2.75) is 34.1 Å². The van der Waals surface area contributed by atoms with Crippen LogP contribution >= 0.6 is 0 Å². The number of carbonyl (C=O) groups is 1. The Kier molecular flexibility index (Phi) is 3.75. The molecule has 0 saturated heterocycles. The second-order valence-electron chi connectivity index (χ2n) is 4.56. The molecule has 2 heteroatoms. The van der Waals surface area contributed by atoms with Crippen LogP contribution < -0.4 is 0 Å². The molecule has 2 nitrogen and oxygen atoms in total. The predicted octanol–water partition coefficient (Wildman–Crippen LogP) is 2.15. The van der Waals surface area contributed by atoms with Gasteiger partial charge in [-0.3, -0.25) is 4.79 Å². The van der Waals surface area contributed by atoms with Crippen LogP contribution in [-0.2, 0) is 4.79 Å². The molecule has 0 aromatic heterocycles. The van der Waals surface area contributed by atoms with Gasteiger partial charge in [-0.05, 0) is 11.8 Å². The molecule has 0 aliphatic rings. The van der Waals surface area contributed by atoms with E-state index >= 15 is 0 Å². The highest BCUT2D eigenvalue weighted by molar-refractivity contribution is 5.78. The van der Waals surface area contributed by atoms with Crippen LogP contribution in [0.15, 0.2) is 0 Å². The maximum absolute atomic E-state index is 11.6. The molecular weight excluding hydrogens is 150 g/mol. The van der Waals surface area contributed by atoms with E-state index in [0.29, 0.717) is 0 Å². The summed E-state index contributed by atoms with van der Waals surface area (Å²) in [6, 6.07) is 0. The van der Waals surface area contributed by atoms with Gasteiger partial charge in [0.1, 0.15) is 0 Å². The minimum Gasteiger partial charge on any atom is -0.349 e. The van der Waals surface area contributed by atoms with Gasteiger partial charge in [-0.15, -0.1) is 0 Å². The van der Waals surface area contributed by atoms with Crippen molar-refractivity contribution in [2.75, 3.05) is 14.1 Å². The molecule has 1 unspecified atom stereocenters. The zero-order valence-electron chi connectivity index (χ0n) is 9.14. The van der Waals surface area contributed by atoms with Gasteiger partial charge in [-0.1, -0.05) is 27.7 Å². The van der Waals surface area contributed by atoms with Crippen LogP contribution in [0.25, 0.3) is 0 Å². The van der Waals surface area contributed by atoms with Gasteiger partial charge < -0.3 is 4.90 Å². The number of rotatable bonds is 2. The van der Waals surface area contributed by atoms with Crippen LogP contribution in [0.4, 0.5) is 0 Å². The molecule has 0 radical (unpaired) electrons. The zero-order valence-corrected chi connectivity index (χ0v) is 9.14. The largest absolute Gasteiger partial charge is 0.349 e. The lowest BCUT2D eigenvalue weighted by Gasteiger charge is -2.30. The molecule has 0 saturated carbocycles. The molecule has 0 aliphatic carbocycles. The van der Waals surface area contributed by atoms with Crippen molar-refractivity contribution in [3.05, 3.63) is 0 Å². The number of hydrogen-bond acceptors (Lipinski definition) is 1. The Balaban J connectivity index is 4.47. The average molecular weight is 171 g/mol. The van der Waals surface area contributed by atoms with Crippen molar-refractivity contribution < 1.29 is 4.79 Å². The summed E-state index contributed by atoms with van der Waals surface area (Å²) in [5, 5.41) is 0. The fraction of sp³-hybridized carbons (Fsp3) is 0.900. The van der Waals surface area contributed by atoms with E-state index in [1.807, 2.05) is 14.1 Å². The van der Waals surface area contributed by atoms with Gasteiger partial charge >= 0.3 is 0 Å². The Hall–Kier alpha value is -0.530. The molecule has 1 atom stereocenters. The highest BCUT2D eigenvalue weighted by atomic mass is 16.2. The molecule has 0 aromatic rings. The Morgan fingerprint density at radius 3 is 1.83 bits per heavy atom. The fourth-order valence-corrected chi connectivity index (χ4v) is 1.47. The summed E-state index contributed by atoms with van der Waals surface area (Å²) in [6.45, 7) is 8.41. The van der Waals surface area contributed by atoms with Crippen LogP contribution in [0.1, 0.15) is 34.1 Å². The first kappa shape index (κ1) is 11.5. The topological polar surface area (TPSA) is 20.3 Å². The van der Waals surface area contributed by atoms with Crippen molar-refractivity contribution in [3.8, 4) is 0 Å². The van der Waals surface area contributed by atoms with Crippen LogP contribution in [0.3, 0.4) is 0 Å². The Morgan fingerprint density at radius 2 is 1.75 bits per heavy atom. The summed E-state index contributed by atoms with van der Waals surface area (Å²) in [4.78, 5) is 13.3. The molecule has 1 amide bonds. The van der Waals surface area contributed by atoms with Crippen LogP contribution in [0.2, 0.25) is 0 Å². The van der Waals surface area contributed by atoms with Crippen molar-refractivity contribution in [1.29, 1.82) is 0 Å². The Labute approximate surface area is 75.9 Å². The van der Waals surface area contributed by atoms with Crippen molar-refractivity contribution in [1.82, 2.24) is 4.90 Å². The monoisotopic (exact) mass is 171 g/mol. The molecule has 0 N–H and O–H groups in total. The van der Waals surface area contributed by atoms with E-state index in [9.17, 15) is 4.79 Å². The van der Waals surface area contributed by atoms with Gasteiger partial charge in [-0.2, -0.15) is 0 Å². The Bertz CT molecular complexity index is 156. The fourth-order valence-electron chi connectivity index (χ4n) is 1.47. The minimum absolute atomic E-state index is 0.0795. The molecule has 0 fully saturated rings. The van der Waals surface area contributed by atoms with Crippen LogP contribution in [-0.4, -0.2) is 24.9 Å². The highest BCUT2D eigenvalue weighted by Crippen LogP contribution is 2.29. The maximum Gasteiger partial charge on any atom is 0.225 e. The Morgan fingerprint density at radius 1 is 1.33 bits per heavy atom. The highest BCUT2D eigenvalue weighted by Gasteiger charge is 2.30. The summed E-state index contributed by atoms with van der Waals surface area (Å²) < 4.78 is 0. The standard InChI is InChI=1S/C10H21NO/c1-7-8(10(2,3)4)9(12)11(5)6/h8H,7H2,1-6H3. The third-order valence-electron chi connectivity index (χ3n) is 2.19. The second-order valence-corrected chi connectivity index (χ2v) is 4.56. The number of hydrogen-bond donors (Lipinski definition) is 0. The third-order valence-corrected chi connectivity index (χ3v) is 2.19. The number of amides is 1. The summed E-state index contributed by atoms with van der Waals surface area (Å²) in [7, 11) is 3.63. The van der Waals surface area contributed by atoms with Crippen molar-refractivity contribution in [3.63, 3.8) is 0 Å². The molecular formula is C10H21NO. The minimum atomic E-state index is 0.0795. The van der Waals surface area contributed by atoms with E-state index in [0.717, 1.165) is 6.42 Å². The van der Waals surface area contributed by atoms with Gasteiger partial charge in [0.2, 0.25) is 5.91 Å². The molecule has 72 valence electrons. The van der Waals surface area contributed by atoms with Crippen LogP contribution in [0.5, 0.6) is 0 Å². The molecule has 0 heterocycles. The summed E-state index contributed by atoms with van der Waals surface area (Å²) in [5.74, 6) is 0.387. The maximum atomic E-state index is 11.6. The molecule has 0 spiro atoms. The van der Waals surface area contributed by atoms with E-state index in [2.05, 4.69) is 27.7 Å². The van der Waals surface area contributed by atoms with Gasteiger partial charge in [0.15, 0.2) is 0 Å². The summed E-state index contributed by atoms with van der Waals surface area (Å²) in [6.07, 6.45) is 0.917. The van der Waals surface area contributed by atoms with Gasteiger partial charge in [0.25, 0.3) is 0 Å². The molecule has 0 bridgehead atoms. The average Bonchev–Trinajstić information content (AvgIpc) is 1.85. The molecule has 12 heavy (non-hydrogen) atoms. The lowest BCUT2D eigenvalue weighted by Crippen LogP contribution is -2.36. The smallest absolute Gasteiger partial charge is 0.225 e. The van der Waals surface area contributed by atoms with Crippen molar-refractivity contribution in [2.24, 2.45) is 11.3 Å². The quantitative estimate of drug-likeness (QED) is 0.623. The summed E-state index contributed by atoms with van der Waals surface area (Å²) in [5.41, 5.74) is 0.0795. The lowest BCUT2D eigenvalue weighted by atomic mass is 9.78. The van der Waals surface area contributed by atoms with E-state index in [-0.39, 0.29) is 17.2 Å².